The average Bonchev–Trinajstić information content (AvgIpc) is 2.66. The van der Waals surface area contributed by atoms with Crippen molar-refractivity contribution >= 4 is 39.0 Å². The normalized spacial score (nSPS) is 10.6. The van der Waals surface area contributed by atoms with Crippen LogP contribution in [-0.4, -0.2) is 5.78 Å². The molecule has 0 fully saturated rings. The van der Waals surface area contributed by atoms with Gasteiger partial charge in [0.2, 0.25) is 0 Å². The van der Waals surface area contributed by atoms with Crippen LogP contribution >= 0.6 is 11.3 Å². The van der Waals surface area contributed by atoms with Crippen molar-refractivity contribution < 1.29 is 4.79 Å². The van der Waals surface area contributed by atoms with E-state index in [0.717, 1.165) is 15.0 Å². The average molecular weight is 243 g/mol. The van der Waals surface area contributed by atoms with Gasteiger partial charge in [-0.1, -0.05) is 23.3 Å². The van der Waals surface area contributed by atoms with Crippen LogP contribution in [0, 0.1) is 0 Å². The maximum atomic E-state index is 10.9. The molecule has 0 amide bonds. The molecule has 0 aliphatic heterocycles. The Morgan fingerprint density at radius 1 is 1.47 bits per heavy atom. The Morgan fingerprint density at radius 2 is 2.24 bits per heavy atom. The smallest absolute Gasteiger partial charge is 0.152 e. The largest absolute Gasteiger partial charge is 0.295 e. The zero-order chi connectivity index (χ0) is 12.3. The number of nitrogens with zero attached hydrogens (tertiary/aromatic N) is 3. The third-order valence-corrected chi connectivity index (χ3v) is 3.33. The Kier molecular flexibility index (Phi) is 3.23. The maximum Gasteiger partial charge on any atom is 0.152 e. The van der Waals surface area contributed by atoms with Gasteiger partial charge in [0.1, 0.15) is 0 Å². The number of hydrogen-bond donors (Lipinski definition) is 0. The molecular formula is C12H9N3OS. The molecule has 2 aromatic rings. The molecule has 0 atom stereocenters. The van der Waals surface area contributed by atoms with E-state index in [4.69, 9.17) is 5.53 Å². The number of fused-ring (bicyclic) bond motifs is 1. The van der Waals surface area contributed by atoms with Crippen LogP contribution < -0.4 is 0 Å². The first-order chi connectivity index (χ1) is 8.22. The van der Waals surface area contributed by atoms with Crippen molar-refractivity contribution in [1.82, 2.24) is 0 Å². The van der Waals surface area contributed by atoms with Gasteiger partial charge in [-0.05, 0) is 30.7 Å². The molecule has 0 radical (unpaired) electrons. The number of azide groups is 1. The van der Waals surface area contributed by atoms with E-state index >= 15 is 0 Å². The van der Waals surface area contributed by atoms with Crippen LogP contribution in [0.4, 0.5) is 5.69 Å². The molecule has 1 aromatic heterocycles. The van der Waals surface area contributed by atoms with Gasteiger partial charge in [-0.2, -0.15) is 0 Å². The summed E-state index contributed by atoms with van der Waals surface area (Å²) in [5.41, 5.74) is 9.16. The quantitative estimate of drug-likeness (QED) is 0.340. The molecule has 0 bridgehead atoms. The minimum atomic E-state index is -0.0330. The Morgan fingerprint density at radius 3 is 2.94 bits per heavy atom. The van der Waals surface area contributed by atoms with E-state index in [9.17, 15) is 4.79 Å². The van der Waals surface area contributed by atoms with E-state index in [1.54, 1.807) is 6.08 Å². The van der Waals surface area contributed by atoms with Crippen LogP contribution in [0.1, 0.15) is 11.8 Å². The molecule has 0 saturated heterocycles. The van der Waals surface area contributed by atoms with Gasteiger partial charge >= 0.3 is 0 Å². The van der Waals surface area contributed by atoms with Crippen molar-refractivity contribution in [3.8, 4) is 0 Å². The summed E-state index contributed by atoms with van der Waals surface area (Å²) >= 11 is 1.50. The molecular weight excluding hydrogens is 234 g/mol. The monoisotopic (exact) mass is 243 g/mol. The summed E-state index contributed by atoms with van der Waals surface area (Å²) in [6.45, 7) is 1.48. The van der Waals surface area contributed by atoms with E-state index in [0.29, 0.717) is 5.69 Å². The number of ketones is 1. The highest BCUT2D eigenvalue weighted by molar-refractivity contribution is 7.20. The van der Waals surface area contributed by atoms with Crippen LogP contribution in [0.15, 0.2) is 35.5 Å². The molecule has 0 unspecified atom stereocenters. The van der Waals surface area contributed by atoms with Crippen molar-refractivity contribution in [2.75, 3.05) is 0 Å². The SMILES string of the molecule is CC(=O)/C=C/c1sc2ccccc2c1N=[N+]=[N-]. The summed E-state index contributed by atoms with van der Waals surface area (Å²) in [6.07, 6.45) is 3.16. The van der Waals surface area contributed by atoms with Gasteiger partial charge in [-0.15, -0.1) is 11.3 Å². The van der Waals surface area contributed by atoms with Gasteiger partial charge in [0.15, 0.2) is 5.78 Å². The standard InChI is InChI=1S/C12H9N3OS/c1-8(16)6-7-11-12(14-15-13)9-4-2-3-5-10(9)17-11/h2-7H,1H3/b7-6+. The van der Waals surface area contributed by atoms with Crippen LogP contribution in [0.5, 0.6) is 0 Å². The lowest BCUT2D eigenvalue weighted by molar-refractivity contribution is -0.112. The van der Waals surface area contributed by atoms with E-state index in [-0.39, 0.29) is 5.78 Å². The zero-order valence-corrected chi connectivity index (χ0v) is 9.94. The molecule has 0 spiro atoms. The molecule has 0 aliphatic rings. The zero-order valence-electron chi connectivity index (χ0n) is 9.12. The van der Waals surface area contributed by atoms with Crippen LogP contribution in [0.3, 0.4) is 0 Å². The van der Waals surface area contributed by atoms with Gasteiger partial charge in [0.25, 0.3) is 0 Å². The van der Waals surface area contributed by atoms with E-state index in [1.165, 1.54) is 24.3 Å². The highest BCUT2D eigenvalue weighted by atomic mass is 32.1. The summed E-state index contributed by atoms with van der Waals surface area (Å²) in [4.78, 5) is 14.5. The molecule has 0 N–H and O–H groups in total. The molecule has 0 aliphatic carbocycles. The highest BCUT2D eigenvalue weighted by Crippen LogP contribution is 2.38. The fourth-order valence-electron chi connectivity index (χ4n) is 1.50. The summed E-state index contributed by atoms with van der Waals surface area (Å²) in [6, 6.07) is 7.68. The predicted octanol–water partition coefficient (Wildman–Crippen LogP) is 4.45. The lowest BCUT2D eigenvalue weighted by atomic mass is 10.2. The number of carbonyl (C=O) groups is 1. The first kappa shape index (κ1) is 11.4. The predicted molar refractivity (Wildman–Crippen MR) is 70.3 cm³/mol. The van der Waals surface area contributed by atoms with Crippen molar-refractivity contribution in [1.29, 1.82) is 0 Å². The second-order valence-corrected chi connectivity index (χ2v) is 4.53. The second-order valence-electron chi connectivity index (χ2n) is 3.44. The molecule has 1 aromatic carbocycles. The molecule has 4 nitrogen and oxygen atoms in total. The molecule has 5 heteroatoms. The van der Waals surface area contributed by atoms with Crippen LogP contribution in [-0.2, 0) is 4.79 Å². The van der Waals surface area contributed by atoms with Gasteiger partial charge in [0.05, 0.1) is 5.69 Å². The number of carbonyl (C=O) groups excluding carboxylic acids is 1. The lowest BCUT2D eigenvalue weighted by Crippen LogP contribution is -1.78. The molecule has 84 valence electrons. The number of thiophene rings is 1. The van der Waals surface area contributed by atoms with E-state index in [1.807, 2.05) is 24.3 Å². The highest BCUT2D eigenvalue weighted by Gasteiger charge is 2.07. The lowest BCUT2D eigenvalue weighted by Gasteiger charge is -1.90. The summed E-state index contributed by atoms with van der Waals surface area (Å²) in [5, 5.41) is 4.62. The molecule has 17 heavy (non-hydrogen) atoms. The topological polar surface area (TPSA) is 65.8 Å². The Balaban J connectivity index is 2.65. The van der Waals surface area contributed by atoms with Crippen LogP contribution in [0.2, 0.25) is 0 Å². The molecule has 1 heterocycles. The maximum absolute atomic E-state index is 10.9. The number of benzene rings is 1. The number of rotatable bonds is 3. The molecule has 2 rings (SSSR count). The Hall–Kier alpha value is -2.10. The summed E-state index contributed by atoms with van der Waals surface area (Å²) < 4.78 is 1.04. The van der Waals surface area contributed by atoms with Crippen molar-refractivity contribution in [3.05, 3.63) is 45.7 Å². The fraction of sp³-hybridized carbons (Fsp3) is 0.0833. The van der Waals surface area contributed by atoms with Gasteiger partial charge in [-0.25, -0.2) is 0 Å². The third kappa shape index (κ3) is 2.36. The Bertz CT molecular complexity index is 651. The first-order valence-corrected chi connectivity index (χ1v) is 5.79. The molecule has 0 saturated carbocycles. The summed E-state index contributed by atoms with van der Waals surface area (Å²) in [5.74, 6) is -0.0330. The minimum absolute atomic E-state index is 0.0330. The summed E-state index contributed by atoms with van der Waals surface area (Å²) in [7, 11) is 0. The second kappa shape index (κ2) is 4.82. The fourth-order valence-corrected chi connectivity index (χ4v) is 2.55. The third-order valence-electron chi connectivity index (χ3n) is 2.21. The van der Waals surface area contributed by atoms with Gasteiger partial charge in [-0.3, -0.25) is 4.79 Å². The first-order valence-electron chi connectivity index (χ1n) is 4.97. The van der Waals surface area contributed by atoms with Crippen LogP contribution in [0.25, 0.3) is 26.6 Å². The van der Waals surface area contributed by atoms with Crippen molar-refractivity contribution in [2.45, 2.75) is 6.92 Å². The number of hydrogen-bond acceptors (Lipinski definition) is 3. The van der Waals surface area contributed by atoms with Gasteiger partial charge in [0, 0.05) is 19.9 Å². The van der Waals surface area contributed by atoms with E-state index in [2.05, 4.69) is 10.0 Å². The Labute approximate surface area is 102 Å². The van der Waals surface area contributed by atoms with Crippen molar-refractivity contribution in [2.24, 2.45) is 5.11 Å². The van der Waals surface area contributed by atoms with Gasteiger partial charge < -0.3 is 0 Å². The minimum Gasteiger partial charge on any atom is -0.295 e. The van der Waals surface area contributed by atoms with E-state index < -0.39 is 0 Å². The number of allylic oxidation sites excluding steroid dienone is 1. The van der Waals surface area contributed by atoms with Crippen molar-refractivity contribution in [3.63, 3.8) is 0 Å².